The van der Waals surface area contributed by atoms with Gasteiger partial charge in [-0.3, -0.25) is 4.79 Å². The van der Waals surface area contributed by atoms with Crippen molar-refractivity contribution in [1.82, 2.24) is 9.97 Å². The van der Waals surface area contributed by atoms with Gasteiger partial charge < -0.3 is 0 Å². The minimum atomic E-state index is -4.54. The summed E-state index contributed by atoms with van der Waals surface area (Å²) in [6.45, 7) is 0. The number of nitrogens with zero attached hydrogens (tertiary/aromatic N) is 2. The number of rotatable bonds is 2. The molecule has 0 fully saturated rings. The van der Waals surface area contributed by atoms with Crippen LogP contribution < -0.4 is 0 Å². The summed E-state index contributed by atoms with van der Waals surface area (Å²) >= 11 is 11.2. The molecule has 20 heavy (non-hydrogen) atoms. The second kappa shape index (κ2) is 5.38. The third-order valence-electron chi connectivity index (χ3n) is 2.37. The van der Waals surface area contributed by atoms with Crippen molar-refractivity contribution in [2.24, 2.45) is 0 Å². The Balaban J connectivity index is 2.44. The summed E-state index contributed by atoms with van der Waals surface area (Å²) in [7, 11) is 0. The number of halogens is 5. The van der Waals surface area contributed by atoms with Crippen molar-refractivity contribution in [3.8, 4) is 0 Å². The first-order valence-electron chi connectivity index (χ1n) is 5.19. The Bertz CT molecular complexity index is 674. The fourth-order valence-electron chi connectivity index (χ4n) is 1.47. The van der Waals surface area contributed by atoms with Gasteiger partial charge in [-0.2, -0.15) is 13.2 Å². The summed E-state index contributed by atoms with van der Waals surface area (Å²) in [5, 5.41) is -0.282. The predicted octanol–water partition coefficient (Wildman–Crippen LogP) is 4.03. The maximum Gasteiger partial charge on any atom is 0.416 e. The molecule has 1 aromatic carbocycles. The van der Waals surface area contributed by atoms with Crippen LogP contribution in [0.25, 0.3) is 0 Å². The third-order valence-corrected chi connectivity index (χ3v) is 2.81. The molecule has 0 bridgehead atoms. The van der Waals surface area contributed by atoms with Gasteiger partial charge in [0.05, 0.1) is 11.8 Å². The minimum Gasteiger partial charge on any atom is -0.287 e. The summed E-state index contributed by atoms with van der Waals surface area (Å²) in [5.74, 6) is -0.759. The fourth-order valence-corrected chi connectivity index (χ4v) is 1.87. The van der Waals surface area contributed by atoms with Gasteiger partial charge in [-0.25, -0.2) is 9.97 Å². The number of hydrogen-bond donors (Lipinski definition) is 0. The summed E-state index contributed by atoms with van der Waals surface area (Å²) in [6, 6.07) is 3.97. The highest BCUT2D eigenvalue weighted by atomic mass is 35.5. The van der Waals surface area contributed by atoms with E-state index in [1.807, 2.05) is 0 Å². The van der Waals surface area contributed by atoms with Gasteiger partial charge in [-0.1, -0.05) is 35.3 Å². The van der Waals surface area contributed by atoms with Crippen LogP contribution in [-0.4, -0.2) is 15.8 Å². The van der Waals surface area contributed by atoms with Crippen molar-refractivity contribution < 1.29 is 18.0 Å². The van der Waals surface area contributed by atoms with E-state index in [0.717, 1.165) is 24.4 Å². The maximum atomic E-state index is 12.6. The molecule has 8 heteroatoms. The normalized spacial score (nSPS) is 11.4. The van der Waals surface area contributed by atoms with Crippen molar-refractivity contribution >= 4 is 29.0 Å². The van der Waals surface area contributed by atoms with Crippen LogP contribution in [0.5, 0.6) is 0 Å². The molecule has 0 aliphatic heterocycles. The van der Waals surface area contributed by atoms with Crippen LogP contribution in [-0.2, 0) is 6.18 Å². The smallest absolute Gasteiger partial charge is 0.287 e. The van der Waals surface area contributed by atoms with E-state index < -0.39 is 17.5 Å². The molecule has 104 valence electrons. The van der Waals surface area contributed by atoms with Crippen molar-refractivity contribution in [2.45, 2.75) is 6.18 Å². The highest BCUT2D eigenvalue weighted by Gasteiger charge is 2.31. The Labute approximate surface area is 121 Å². The molecule has 2 rings (SSSR count). The molecule has 0 N–H and O–H groups in total. The molecule has 0 unspecified atom stereocenters. The molecule has 0 aliphatic carbocycles. The molecule has 0 aliphatic rings. The van der Waals surface area contributed by atoms with E-state index >= 15 is 0 Å². The first kappa shape index (κ1) is 14.7. The van der Waals surface area contributed by atoms with E-state index in [-0.39, 0.29) is 21.6 Å². The number of alkyl halides is 3. The fraction of sp³-hybridized carbons (Fsp3) is 0.0833. The van der Waals surface area contributed by atoms with Crippen LogP contribution in [0.3, 0.4) is 0 Å². The lowest BCUT2D eigenvalue weighted by Crippen LogP contribution is -2.10. The Morgan fingerprint density at radius 2 is 1.90 bits per heavy atom. The first-order valence-corrected chi connectivity index (χ1v) is 5.94. The summed E-state index contributed by atoms with van der Waals surface area (Å²) in [5.41, 5.74) is -1.37. The highest BCUT2D eigenvalue weighted by Crippen LogP contribution is 2.30. The van der Waals surface area contributed by atoms with Gasteiger partial charge >= 0.3 is 6.18 Å². The first-order chi connectivity index (χ1) is 9.29. The van der Waals surface area contributed by atoms with Crippen molar-refractivity contribution in [1.29, 1.82) is 0 Å². The number of aromatic nitrogens is 2. The monoisotopic (exact) mass is 320 g/mol. The number of ketones is 1. The van der Waals surface area contributed by atoms with Crippen LogP contribution in [0.2, 0.25) is 10.3 Å². The largest absolute Gasteiger partial charge is 0.416 e. The molecule has 1 heterocycles. The SMILES string of the molecule is O=C(c1cccc(C(F)(F)F)c1)c1ncc(Cl)nc1Cl. The van der Waals surface area contributed by atoms with Crippen molar-refractivity contribution in [3.05, 3.63) is 57.6 Å². The maximum absolute atomic E-state index is 12.6. The zero-order valence-corrected chi connectivity index (χ0v) is 11.1. The van der Waals surface area contributed by atoms with Gasteiger partial charge in [0.1, 0.15) is 10.8 Å². The lowest BCUT2D eigenvalue weighted by atomic mass is 10.1. The van der Waals surface area contributed by atoms with E-state index in [9.17, 15) is 18.0 Å². The molecule has 0 saturated carbocycles. The van der Waals surface area contributed by atoms with Gasteiger partial charge in [0.25, 0.3) is 0 Å². The molecular formula is C12H5Cl2F3N2O. The predicted molar refractivity (Wildman–Crippen MR) is 66.9 cm³/mol. The molecule has 1 aromatic heterocycles. The average molecular weight is 321 g/mol. The van der Waals surface area contributed by atoms with Gasteiger partial charge in [0, 0.05) is 5.56 Å². The van der Waals surface area contributed by atoms with Crippen molar-refractivity contribution in [2.75, 3.05) is 0 Å². The Kier molecular flexibility index (Phi) is 3.96. The molecule has 2 aromatic rings. The van der Waals surface area contributed by atoms with Crippen LogP contribution in [0.4, 0.5) is 13.2 Å². The van der Waals surface area contributed by atoms with Crippen LogP contribution >= 0.6 is 23.2 Å². The van der Waals surface area contributed by atoms with E-state index in [2.05, 4.69) is 9.97 Å². The third kappa shape index (κ3) is 3.08. The molecule has 3 nitrogen and oxygen atoms in total. The van der Waals surface area contributed by atoms with E-state index in [0.29, 0.717) is 0 Å². The Hall–Kier alpha value is -1.66. The van der Waals surface area contributed by atoms with Gasteiger partial charge in [-0.05, 0) is 12.1 Å². The molecule has 0 spiro atoms. The molecular weight excluding hydrogens is 316 g/mol. The summed E-state index contributed by atoms with van der Waals surface area (Å²) in [6.07, 6.45) is -3.44. The Morgan fingerprint density at radius 1 is 1.20 bits per heavy atom. The van der Waals surface area contributed by atoms with E-state index in [1.165, 1.54) is 6.07 Å². The standard InChI is InChI=1S/C12H5Cl2F3N2O/c13-8-5-18-9(11(14)19-8)10(20)6-2-1-3-7(4-6)12(15,16)17/h1-5H. The van der Waals surface area contributed by atoms with Crippen LogP contribution in [0.15, 0.2) is 30.5 Å². The van der Waals surface area contributed by atoms with E-state index in [4.69, 9.17) is 23.2 Å². The lowest BCUT2D eigenvalue weighted by molar-refractivity contribution is -0.137. The zero-order valence-electron chi connectivity index (χ0n) is 9.58. The lowest BCUT2D eigenvalue weighted by Gasteiger charge is -2.08. The molecule has 0 radical (unpaired) electrons. The zero-order chi connectivity index (χ0) is 14.9. The molecule has 0 saturated heterocycles. The summed E-state index contributed by atoms with van der Waals surface area (Å²) < 4.78 is 37.7. The number of carbonyl (C=O) groups is 1. The van der Waals surface area contributed by atoms with Gasteiger partial charge in [0.2, 0.25) is 5.78 Å². The Morgan fingerprint density at radius 3 is 2.50 bits per heavy atom. The van der Waals surface area contributed by atoms with E-state index in [1.54, 1.807) is 0 Å². The average Bonchev–Trinajstić information content (AvgIpc) is 2.37. The molecule has 0 amide bonds. The van der Waals surface area contributed by atoms with Gasteiger partial charge in [-0.15, -0.1) is 0 Å². The summed E-state index contributed by atoms with van der Waals surface area (Å²) in [4.78, 5) is 19.4. The van der Waals surface area contributed by atoms with Crippen LogP contribution in [0, 0.1) is 0 Å². The number of hydrogen-bond acceptors (Lipinski definition) is 3. The van der Waals surface area contributed by atoms with Crippen LogP contribution in [0.1, 0.15) is 21.6 Å². The second-order valence-corrected chi connectivity index (χ2v) is 4.49. The minimum absolute atomic E-state index is 0.0180. The quantitative estimate of drug-likeness (QED) is 0.784. The van der Waals surface area contributed by atoms with Gasteiger partial charge in [0.15, 0.2) is 5.15 Å². The molecule has 0 atom stereocenters. The highest BCUT2D eigenvalue weighted by molar-refractivity contribution is 6.35. The second-order valence-electron chi connectivity index (χ2n) is 3.74. The van der Waals surface area contributed by atoms with Crippen molar-refractivity contribution in [3.63, 3.8) is 0 Å². The number of carbonyl (C=O) groups excluding carboxylic acids is 1. The number of benzene rings is 1. The topological polar surface area (TPSA) is 42.9 Å².